The molecule has 14 heavy (non-hydrogen) atoms. The summed E-state index contributed by atoms with van der Waals surface area (Å²) < 4.78 is 5.34. The van der Waals surface area contributed by atoms with Crippen molar-refractivity contribution in [2.45, 2.75) is 38.8 Å². The standard InChI is InChI=1S/C10H18ClNO2/c1-7(3-5-11)12-10(13)9-4-6-14-8(9)2/h7-9H,3-6H2,1-2H3,(H,12,13). The summed E-state index contributed by atoms with van der Waals surface area (Å²) >= 11 is 5.59. The maximum absolute atomic E-state index is 11.7. The number of nitrogens with one attached hydrogen (secondary N) is 1. The molecule has 82 valence electrons. The Labute approximate surface area is 90.1 Å². The van der Waals surface area contributed by atoms with Crippen LogP contribution in [-0.2, 0) is 9.53 Å². The van der Waals surface area contributed by atoms with Crippen LogP contribution in [-0.4, -0.2) is 30.5 Å². The number of rotatable bonds is 4. The Morgan fingerprint density at radius 1 is 1.71 bits per heavy atom. The predicted octanol–water partition coefficient (Wildman–Crippen LogP) is 1.55. The van der Waals surface area contributed by atoms with Crippen molar-refractivity contribution in [3.63, 3.8) is 0 Å². The Morgan fingerprint density at radius 3 is 2.93 bits per heavy atom. The molecule has 3 atom stereocenters. The van der Waals surface area contributed by atoms with Crippen molar-refractivity contribution in [1.82, 2.24) is 5.32 Å². The van der Waals surface area contributed by atoms with Crippen LogP contribution in [0.3, 0.4) is 0 Å². The van der Waals surface area contributed by atoms with E-state index < -0.39 is 0 Å². The summed E-state index contributed by atoms with van der Waals surface area (Å²) in [6.07, 6.45) is 1.70. The second kappa shape index (κ2) is 5.56. The van der Waals surface area contributed by atoms with Crippen LogP contribution in [0.25, 0.3) is 0 Å². The van der Waals surface area contributed by atoms with Gasteiger partial charge in [-0.1, -0.05) is 0 Å². The summed E-state index contributed by atoms with van der Waals surface area (Å²) in [4.78, 5) is 11.7. The molecule has 1 aliphatic heterocycles. The Balaban J connectivity index is 2.33. The quantitative estimate of drug-likeness (QED) is 0.729. The number of ether oxygens (including phenoxy) is 1. The summed E-state index contributed by atoms with van der Waals surface area (Å²) in [5.41, 5.74) is 0. The maximum atomic E-state index is 11.7. The minimum atomic E-state index is 0.0211. The maximum Gasteiger partial charge on any atom is 0.226 e. The molecule has 0 aromatic heterocycles. The first kappa shape index (κ1) is 11.8. The number of amides is 1. The molecule has 0 radical (unpaired) electrons. The molecule has 1 heterocycles. The highest BCUT2D eigenvalue weighted by molar-refractivity contribution is 6.17. The molecule has 1 fully saturated rings. The summed E-state index contributed by atoms with van der Waals surface area (Å²) in [5, 5.41) is 2.95. The van der Waals surface area contributed by atoms with Gasteiger partial charge in [0.15, 0.2) is 0 Å². The van der Waals surface area contributed by atoms with Crippen molar-refractivity contribution in [2.75, 3.05) is 12.5 Å². The zero-order valence-electron chi connectivity index (χ0n) is 8.75. The van der Waals surface area contributed by atoms with Crippen LogP contribution in [0.15, 0.2) is 0 Å². The van der Waals surface area contributed by atoms with Crippen molar-refractivity contribution in [2.24, 2.45) is 5.92 Å². The molecule has 0 spiro atoms. The lowest BCUT2D eigenvalue weighted by Crippen LogP contribution is -2.39. The Hall–Kier alpha value is -0.280. The second-order valence-corrected chi connectivity index (χ2v) is 4.24. The van der Waals surface area contributed by atoms with Gasteiger partial charge in [0.25, 0.3) is 0 Å². The molecule has 1 aliphatic rings. The lowest BCUT2D eigenvalue weighted by molar-refractivity contribution is -0.126. The van der Waals surface area contributed by atoms with Crippen LogP contribution in [0, 0.1) is 5.92 Å². The van der Waals surface area contributed by atoms with Gasteiger partial charge in [-0.15, -0.1) is 11.6 Å². The van der Waals surface area contributed by atoms with E-state index in [9.17, 15) is 4.79 Å². The molecular formula is C10H18ClNO2. The first-order valence-electron chi connectivity index (χ1n) is 5.13. The van der Waals surface area contributed by atoms with E-state index in [1.807, 2.05) is 13.8 Å². The second-order valence-electron chi connectivity index (χ2n) is 3.86. The fraction of sp³-hybridized carbons (Fsp3) is 0.900. The summed E-state index contributed by atoms with van der Waals surface area (Å²) in [6, 6.07) is 0.160. The van der Waals surface area contributed by atoms with E-state index in [4.69, 9.17) is 16.3 Å². The molecule has 1 N–H and O–H groups in total. The molecule has 0 aromatic carbocycles. The highest BCUT2D eigenvalue weighted by Crippen LogP contribution is 2.20. The number of carbonyl (C=O) groups excluding carboxylic acids is 1. The van der Waals surface area contributed by atoms with Crippen LogP contribution in [0.2, 0.25) is 0 Å². The number of alkyl halides is 1. The van der Waals surface area contributed by atoms with Gasteiger partial charge in [-0.25, -0.2) is 0 Å². The van der Waals surface area contributed by atoms with E-state index in [2.05, 4.69) is 5.32 Å². The topological polar surface area (TPSA) is 38.3 Å². The molecule has 3 nitrogen and oxygen atoms in total. The smallest absolute Gasteiger partial charge is 0.226 e. The van der Waals surface area contributed by atoms with E-state index in [1.54, 1.807) is 0 Å². The van der Waals surface area contributed by atoms with Crippen LogP contribution in [0.4, 0.5) is 0 Å². The molecule has 1 rings (SSSR count). The zero-order valence-corrected chi connectivity index (χ0v) is 9.51. The average molecular weight is 220 g/mol. The summed E-state index contributed by atoms with van der Waals surface area (Å²) in [5.74, 6) is 0.707. The van der Waals surface area contributed by atoms with E-state index in [1.165, 1.54) is 0 Å². The van der Waals surface area contributed by atoms with E-state index >= 15 is 0 Å². The molecule has 1 saturated heterocycles. The first-order valence-corrected chi connectivity index (χ1v) is 5.66. The third-order valence-electron chi connectivity index (χ3n) is 2.64. The van der Waals surface area contributed by atoms with Gasteiger partial charge in [0.05, 0.1) is 12.0 Å². The van der Waals surface area contributed by atoms with Crippen molar-refractivity contribution in [3.05, 3.63) is 0 Å². The molecular weight excluding hydrogens is 202 g/mol. The van der Waals surface area contributed by atoms with Gasteiger partial charge >= 0.3 is 0 Å². The first-order chi connectivity index (χ1) is 6.65. The molecule has 4 heteroatoms. The van der Waals surface area contributed by atoms with Gasteiger partial charge in [0.2, 0.25) is 5.91 Å². The minimum Gasteiger partial charge on any atom is -0.378 e. The molecule has 0 saturated carbocycles. The lowest BCUT2D eigenvalue weighted by atomic mass is 10.0. The normalized spacial score (nSPS) is 28.8. The zero-order chi connectivity index (χ0) is 10.6. The van der Waals surface area contributed by atoms with Gasteiger partial charge in [-0.05, 0) is 26.7 Å². The van der Waals surface area contributed by atoms with Crippen molar-refractivity contribution in [3.8, 4) is 0 Å². The fourth-order valence-corrected chi connectivity index (χ4v) is 1.99. The third-order valence-corrected chi connectivity index (χ3v) is 2.86. The predicted molar refractivity (Wildman–Crippen MR) is 56.5 cm³/mol. The SMILES string of the molecule is CC(CCCl)NC(=O)C1CCOC1C. The van der Waals surface area contributed by atoms with Gasteiger partial charge in [0, 0.05) is 18.5 Å². The highest BCUT2D eigenvalue weighted by atomic mass is 35.5. The van der Waals surface area contributed by atoms with Crippen LogP contribution >= 0.6 is 11.6 Å². The number of carbonyl (C=O) groups is 1. The number of hydrogen-bond acceptors (Lipinski definition) is 2. The third kappa shape index (κ3) is 3.14. The molecule has 3 unspecified atom stereocenters. The molecule has 0 aliphatic carbocycles. The monoisotopic (exact) mass is 219 g/mol. The molecule has 0 aromatic rings. The summed E-state index contributed by atoms with van der Waals surface area (Å²) in [7, 11) is 0. The Kier molecular flexibility index (Phi) is 4.69. The molecule has 0 bridgehead atoms. The Bertz CT molecular complexity index is 199. The average Bonchev–Trinajstić information content (AvgIpc) is 2.51. The highest BCUT2D eigenvalue weighted by Gasteiger charge is 2.30. The van der Waals surface area contributed by atoms with E-state index in [-0.39, 0.29) is 24.0 Å². The summed E-state index contributed by atoms with van der Waals surface area (Å²) in [6.45, 7) is 4.62. The number of halogens is 1. The van der Waals surface area contributed by atoms with Gasteiger partial charge in [0.1, 0.15) is 0 Å². The van der Waals surface area contributed by atoms with Crippen molar-refractivity contribution >= 4 is 17.5 Å². The van der Waals surface area contributed by atoms with Gasteiger partial charge in [-0.3, -0.25) is 4.79 Å². The van der Waals surface area contributed by atoms with E-state index in [0.717, 1.165) is 12.8 Å². The van der Waals surface area contributed by atoms with Gasteiger partial charge in [-0.2, -0.15) is 0 Å². The lowest BCUT2D eigenvalue weighted by Gasteiger charge is -2.17. The minimum absolute atomic E-state index is 0.0211. The van der Waals surface area contributed by atoms with Crippen LogP contribution in [0.5, 0.6) is 0 Å². The van der Waals surface area contributed by atoms with Crippen LogP contribution in [0.1, 0.15) is 26.7 Å². The molecule has 1 amide bonds. The number of hydrogen-bond donors (Lipinski definition) is 1. The largest absolute Gasteiger partial charge is 0.378 e. The van der Waals surface area contributed by atoms with Crippen molar-refractivity contribution in [1.29, 1.82) is 0 Å². The fourth-order valence-electron chi connectivity index (χ4n) is 1.66. The van der Waals surface area contributed by atoms with Gasteiger partial charge < -0.3 is 10.1 Å². The Morgan fingerprint density at radius 2 is 2.43 bits per heavy atom. The van der Waals surface area contributed by atoms with E-state index in [0.29, 0.717) is 12.5 Å². The van der Waals surface area contributed by atoms with Crippen LogP contribution < -0.4 is 5.32 Å². The van der Waals surface area contributed by atoms with Crippen molar-refractivity contribution < 1.29 is 9.53 Å².